The molecule has 0 spiro atoms. The number of ether oxygens (including phenoxy) is 1. The Balaban J connectivity index is 0.000000146. The summed E-state index contributed by atoms with van der Waals surface area (Å²) in [6.45, 7) is 2.12. The number of imide groups is 2. The summed E-state index contributed by atoms with van der Waals surface area (Å²) in [7, 11) is 0. The number of esters is 1. The first-order chi connectivity index (χ1) is 37.5. The minimum absolute atomic E-state index is 0. The van der Waals surface area contributed by atoms with Crippen molar-refractivity contribution in [2.45, 2.75) is 50.9 Å². The van der Waals surface area contributed by atoms with Crippen LogP contribution in [0.4, 0.5) is 17.1 Å². The number of benzene rings is 8. The van der Waals surface area contributed by atoms with Gasteiger partial charge in [0, 0.05) is 56.4 Å². The van der Waals surface area contributed by atoms with Crippen LogP contribution in [0.2, 0.25) is 0 Å². The van der Waals surface area contributed by atoms with E-state index in [-0.39, 0.29) is 64.5 Å². The van der Waals surface area contributed by atoms with Crippen LogP contribution in [-0.4, -0.2) is 57.4 Å². The van der Waals surface area contributed by atoms with Gasteiger partial charge in [-0.25, -0.2) is 4.99 Å². The quantitative estimate of drug-likeness (QED) is 0.0363. The summed E-state index contributed by atoms with van der Waals surface area (Å²) in [5.74, 6) is -2.39. The van der Waals surface area contributed by atoms with Crippen molar-refractivity contribution in [1.82, 2.24) is 26.1 Å². The first-order valence-corrected chi connectivity index (χ1v) is 25.0. The van der Waals surface area contributed by atoms with Crippen LogP contribution in [0.1, 0.15) is 72.7 Å². The molecule has 4 amide bonds. The SMILES string of the molecule is CCOC(=O)Cc1noc2ccc3cc(N=C(c4ccccc4)c4ccccc4)ccc3c12.Nc1ccc2c(ccc3onc(C4CCC(=O)NC4=O)c32)c1.Nc1ccc2c(ccc3onc(C4CCC(=O)NC4=O)c32)c1.[CH3-].[W]. The summed E-state index contributed by atoms with van der Waals surface area (Å²) < 4.78 is 21.3. The molecule has 0 saturated carbocycles. The smallest absolute Gasteiger partial charge is 0.312 e. The standard InChI is InChI=1S/C28H22N2O3.2C16H13N3O3.CH3.W/c1-2-32-26(31)18-24-27-23-15-14-22(17-21(23)13-16-25(27)33-30-24)29-28(19-9-5-3-6-10-19)20-11-7-4-8-12-20;2*17-9-2-3-10-8(7-9)1-5-12-14(10)15(19-22-12)11-4-6-13(20)18-16(11)21;;/h3-17H,2,18H2,1H3;2*1-3,5,7,11H,4,6,17H2,(H,18,20,21);1H3;/q;;;-1;. The van der Waals surface area contributed by atoms with E-state index in [4.69, 9.17) is 34.8 Å². The molecule has 11 aromatic rings. The zero-order valence-corrected chi connectivity index (χ0v) is 45.8. The van der Waals surface area contributed by atoms with Crippen LogP contribution in [0, 0.1) is 7.43 Å². The molecule has 2 atom stereocenters. The number of piperidine rings is 2. The van der Waals surface area contributed by atoms with Gasteiger partial charge in [0.1, 0.15) is 17.1 Å². The van der Waals surface area contributed by atoms with E-state index < -0.39 is 11.8 Å². The minimum atomic E-state index is -0.470. The normalized spacial score (nSPS) is 15.1. The zero-order chi connectivity index (χ0) is 53.2. The number of nitrogens with two attached hydrogens (primary N) is 2. The predicted molar refractivity (Wildman–Crippen MR) is 299 cm³/mol. The number of anilines is 2. The van der Waals surface area contributed by atoms with Crippen molar-refractivity contribution in [1.29, 1.82) is 0 Å². The molecule has 2 aliphatic heterocycles. The van der Waals surface area contributed by atoms with Crippen LogP contribution in [0.3, 0.4) is 0 Å². The molecule has 0 aliphatic carbocycles. The molecule has 2 saturated heterocycles. The van der Waals surface area contributed by atoms with Crippen molar-refractivity contribution < 1.29 is 63.3 Å². The van der Waals surface area contributed by atoms with Crippen molar-refractivity contribution in [2.24, 2.45) is 4.99 Å². The fourth-order valence-corrected chi connectivity index (χ4v) is 9.99. The van der Waals surface area contributed by atoms with E-state index in [1.165, 1.54) is 0 Å². The Morgan fingerprint density at radius 1 is 0.582 bits per heavy atom. The summed E-state index contributed by atoms with van der Waals surface area (Å²) in [6.07, 6.45) is 1.58. The Hall–Kier alpha value is -9.34. The molecule has 6 N–H and O–H groups in total. The van der Waals surface area contributed by atoms with Crippen LogP contribution in [0.5, 0.6) is 0 Å². The van der Waals surface area contributed by atoms with Crippen molar-refractivity contribution in [3.05, 3.63) is 187 Å². The van der Waals surface area contributed by atoms with E-state index in [0.717, 1.165) is 71.0 Å². The van der Waals surface area contributed by atoms with E-state index in [1.54, 1.807) is 6.92 Å². The van der Waals surface area contributed by atoms with Gasteiger partial charge in [0.05, 0.1) is 52.4 Å². The molecule has 3 aromatic heterocycles. The zero-order valence-electron chi connectivity index (χ0n) is 42.9. The Morgan fingerprint density at radius 2 is 1.03 bits per heavy atom. The summed E-state index contributed by atoms with van der Waals surface area (Å²) >= 11 is 0. The maximum Gasteiger partial charge on any atom is 0.312 e. The number of hydrogen-bond acceptors (Lipinski definition) is 15. The second kappa shape index (κ2) is 23.5. The number of amides is 4. The van der Waals surface area contributed by atoms with E-state index >= 15 is 0 Å². The molecule has 17 nitrogen and oxygen atoms in total. The molecular formula is C61H51N8O9W-. The Morgan fingerprint density at radius 3 is 1.51 bits per heavy atom. The monoisotopic (exact) mass is 1220 g/mol. The fourth-order valence-electron chi connectivity index (χ4n) is 9.99. The second-order valence-corrected chi connectivity index (χ2v) is 18.6. The molecule has 13 rings (SSSR count). The predicted octanol–water partition coefficient (Wildman–Crippen LogP) is 10.9. The molecule has 18 heteroatoms. The number of hydrogen-bond donors (Lipinski definition) is 4. The molecule has 0 bridgehead atoms. The molecule has 8 aromatic carbocycles. The van der Waals surface area contributed by atoms with E-state index in [9.17, 15) is 24.0 Å². The van der Waals surface area contributed by atoms with Gasteiger partial charge in [-0.15, -0.1) is 0 Å². The average molecular weight is 1220 g/mol. The number of carbonyl (C=O) groups is 5. The fraction of sp³-hybridized carbons (Fsp3) is 0.148. The van der Waals surface area contributed by atoms with Gasteiger partial charge >= 0.3 is 5.97 Å². The summed E-state index contributed by atoms with van der Waals surface area (Å²) in [5, 5.41) is 25.2. The number of fused-ring (bicyclic) bond motifs is 9. The molecule has 2 aliphatic rings. The second-order valence-electron chi connectivity index (χ2n) is 18.6. The maximum absolute atomic E-state index is 12.1. The van der Waals surface area contributed by atoms with Gasteiger partial charge in [0.25, 0.3) is 0 Å². The average Bonchev–Trinajstić information content (AvgIpc) is 4.26. The van der Waals surface area contributed by atoms with Gasteiger partial charge in [-0.05, 0) is 107 Å². The first-order valence-electron chi connectivity index (χ1n) is 25.0. The van der Waals surface area contributed by atoms with Gasteiger partial charge in [0.15, 0.2) is 16.7 Å². The third-order valence-electron chi connectivity index (χ3n) is 13.6. The van der Waals surface area contributed by atoms with Gasteiger partial charge in [-0.3, -0.25) is 34.6 Å². The van der Waals surface area contributed by atoms with Crippen molar-refractivity contribution in [3.63, 3.8) is 0 Å². The molecule has 79 heavy (non-hydrogen) atoms. The third kappa shape index (κ3) is 11.3. The van der Waals surface area contributed by atoms with Gasteiger partial charge < -0.3 is 37.2 Å². The number of aromatic nitrogens is 3. The number of carbonyl (C=O) groups excluding carboxylic acids is 5. The van der Waals surface area contributed by atoms with Gasteiger partial charge in [-0.1, -0.05) is 113 Å². The summed E-state index contributed by atoms with van der Waals surface area (Å²) in [5.41, 5.74) is 20.5. The maximum atomic E-state index is 12.1. The number of nitrogens with zero attached hydrogens (tertiary/aromatic N) is 4. The molecule has 5 heterocycles. The van der Waals surface area contributed by atoms with Crippen LogP contribution in [-0.2, 0) is 56.2 Å². The van der Waals surface area contributed by atoms with Gasteiger partial charge in [0.2, 0.25) is 23.6 Å². The Labute approximate surface area is 465 Å². The molecule has 2 unspecified atom stereocenters. The topological polar surface area (TPSA) is 261 Å². The van der Waals surface area contributed by atoms with Crippen LogP contribution >= 0.6 is 0 Å². The number of nitrogen functional groups attached to an aromatic ring is 2. The van der Waals surface area contributed by atoms with Crippen molar-refractivity contribution in [3.8, 4) is 0 Å². The Kier molecular flexibility index (Phi) is 16.2. The van der Waals surface area contributed by atoms with Crippen LogP contribution in [0.25, 0.3) is 65.2 Å². The van der Waals surface area contributed by atoms with Crippen LogP contribution in [0.15, 0.2) is 170 Å². The molecular weight excluding hydrogens is 1170 g/mol. The minimum Gasteiger partial charge on any atom is -0.466 e. The van der Waals surface area contributed by atoms with E-state index in [2.05, 4.69) is 50.4 Å². The number of aliphatic imine (C=N–C) groups is 1. The molecule has 0 radical (unpaired) electrons. The van der Waals surface area contributed by atoms with Gasteiger partial charge in [-0.2, -0.15) is 0 Å². The Bertz CT molecular complexity index is 3960. The third-order valence-corrected chi connectivity index (χ3v) is 13.6. The van der Waals surface area contributed by atoms with Crippen molar-refractivity contribution in [2.75, 3.05) is 18.1 Å². The first kappa shape index (κ1) is 54.4. The van der Waals surface area contributed by atoms with Crippen molar-refractivity contribution >= 4 is 118 Å². The van der Waals surface area contributed by atoms with E-state index in [0.29, 0.717) is 77.5 Å². The van der Waals surface area contributed by atoms with Crippen LogP contribution < -0.4 is 22.1 Å². The summed E-state index contributed by atoms with van der Waals surface area (Å²) in [4.78, 5) is 63.9. The molecule has 396 valence electrons. The van der Waals surface area contributed by atoms with E-state index in [1.807, 2.05) is 127 Å². The number of rotatable bonds is 8. The number of nitrogens with one attached hydrogen (secondary N) is 2. The molecule has 2 fully saturated rings. The largest absolute Gasteiger partial charge is 0.466 e. The summed E-state index contributed by atoms with van der Waals surface area (Å²) in [6, 6.07) is 48.8.